The first kappa shape index (κ1) is 15.3. The van der Waals surface area contributed by atoms with E-state index in [1.807, 2.05) is 49.7 Å². The minimum absolute atomic E-state index is 0.0674. The number of methoxy groups -OCH3 is 1. The van der Waals surface area contributed by atoms with E-state index in [0.717, 1.165) is 28.1 Å². The van der Waals surface area contributed by atoms with Gasteiger partial charge in [0.25, 0.3) is 5.56 Å². The number of hydrogen-bond acceptors (Lipinski definition) is 3. The van der Waals surface area contributed by atoms with Crippen LogP contribution < -0.4 is 15.6 Å². The summed E-state index contributed by atoms with van der Waals surface area (Å²) >= 11 is 0. The number of hydrogen-bond donors (Lipinski definition) is 1. The third-order valence-corrected chi connectivity index (χ3v) is 3.63. The smallest absolute Gasteiger partial charge is 0.255 e. The van der Waals surface area contributed by atoms with E-state index in [9.17, 15) is 4.79 Å². The van der Waals surface area contributed by atoms with Crippen molar-refractivity contribution in [1.29, 1.82) is 0 Å². The van der Waals surface area contributed by atoms with Gasteiger partial charge in [0.1, 0.15) is 5.75 Å². The van der Waals surface area contributed by atoms with Gasteiger partial charge < -0.3 is 14.6 Å². The number of nitrogens with one attached hydrogen (secondary N) is 1. The maximum atomic E-state index is 12.5. The Balaban J connectivity index is 2.56. The first-order valence-electron chi connectivity index (χ1n) is 7.14. The monoisotopic (exact) mass is 286 g/mol. The molecule has 0 fully saturated rings. The van der Waals surface area contributed by atoms with Gasteiger partial charge in [-0.2, -0.15) is 0 Å². The van der Waals surface area contributed by atoms with Crippen LogP contribution in [0.25, 0.3) is 11.3 Å². The van der Waals surface area contributed by atoms with Gasteiger partial charge in [0.15, 0.2) is 0 Å². The fourth-order valence-corrected chi connectivity index (χ4v) is 2.55. The SMILES string of the molecule is CCn1c(-c2ccc(OC)c(C)c2)ccc(CNC)c1=O. The van der Waals surface area contributed by atoms with E-state index >= 15 is 0 Å². The molecule has 4 nitrogen and oxygen atoms in total. The lowest BCUT2D eigenvalue weighted by Crippen LogP contribution is -2.26. The van der Waals surface area contributed by atoms with Gasteiger partial charge in [-0.25, -0.2) is 0 Å². The topological polar surface area (TPSA) is 43.3 Å². The van der Waals surface area contributed by atoms with Crippen LogP contribution in [0.4, 0.5) is 0 Å². The molecule has 0 aliphatic rings. The Labute approximate surface area is 125 Å². The first-order valence-corrected chi connectivity index (χ1v) is 7.14. The molecular formula is C17H22N2O2. The molecule has 1 aromatic heterocycles. The zero-order chi connectivity index (χ0) is 15.4. The van der Waals surface area contributed by atoms with Gasteiger partial charge in [-0.15, -0.1) is 0 Å². The summed E-state index contributed by atoms with van der Waals surface area (Å²) in [7, 11) is 3.51. The molecule has 0 spiro atoms. The third kappa shape index (κ3) is 3.00. The summed E-state index contributed by atoms with van der Waals surface area (Å²) in [6, 6.07) is 9.90. The third-order valence-electron chi connectivity index (χ3n) is 3.63. The Hall–Kier alpha value is -2.07. The van der Waals surface area contributed by atoms with Crippen LogP contribution in [0.5, 0.6) is 5.75 Å². The average molecular weight is 286 g/mol. The van der Waals surface area contributed by atoms with Crippen LogP contribution in [0.3, 0.4) is 0 Å². The predicted octanol–water partition coefficient (Wildman–Crippen LogP) is 2.57. The van der Waals surface area contributed by atoms with E-state index in [4.69, 9.17) is 4.74 Å². The van der Waals surface area contributed by atoms with Crippen LogP contribution in [0.2, 0.25) is 0 Å². The van der Waals surface area contributed by atoms with E-state index in [0.29, 0.717) is 13.1 Å². The number of aryl methyl sites for hydroxylation is 1. The van der Waals surface area contributed by atoms with Gasteiger partial charge in [-0.3, -0.25) is 4.79 Å². The highest BCUT2D eigenvalue weighted by atomic mass is 16.5. The molecule has 112 valence electrons. The quantitative estimate of drug-likeness (QED) is 0.918. The Kier molecular flexibility index (Phi) is 4.81. The number of pyridine rings is 1. The van der Waals surface area contributed by atoms with Crippen LogP contribution in [0.1, 0.15) is 18.1 Å². The van der Waals surface area contributed by atoms with E-state index in [2.05, 4.69) is 11.4 Å². The molecule has 0 aliphatic heterocycles. The second-order valence-electron chi connectivity index (χ2n) is 5.01. The lowest BCUT2D eigenvalue weighted by molar-refractivity contribution is 0.412. The Morgan fingerprint density at radius 1 is 1.24 bits per heavy atom. The minimum atomic E-state index is 0.0674. The van der Waals surface area contributed by atoms with Gasteiger partial charge in [-0.05, 0) is 56.3 Å². The molecule has 0 unspecified atom stereocenters. The Morgan fingerprint density at radius 2 is 2.00 bits per heavy atom. The van der Waals surface area contributed by atoms with Crippen molar-refractivity contribution in [1.82, 2.24) is 9.88 Å². The molecule has 2 aromatic rings. The molecule has 0 bridgehead atoms. The minimum Gasteiger partial charge on any atom is -0.496 e. The van der Waals surface area contributed by atoms with Crippen molar-refractivity contribution in [3.05, 3.63) is 51.8 Å². The number of ether oxygens (including phenoxy) is 1. The first-order chi connectivity index (χ1) is 10.1. The second-order valence-corrected chi connectivity index (χ2v) is 5.01. The van der Waals surface area contributed by atoms with Crippen molar-refractivity contribution in [2.45, 2.75) is 26.9 Å². The summed E-state index contributed by atoms with van der Waals surface area (Å²) in [6.07, 6.45) is 0. The highest BCUT2D eigenvalue weighted by Crippen LogP contribution is 2.25. The van der Waals surface area contributed by atoms with Crippen molar-refractivity contribution in [3.8, 4) is 17.0 Å². The molecule has 4 heteroatoms. The number of aromatic nitrogens is 1. The molecular weight excluding hydrogens is 264 g/mol. The van der Waals surface area contributed by atoms with Crippen LogP contribution in [0.15, 0.2) is 35.1 Å². The zero-order valence-electron chi connectivity index (χ0n) is 13.1. The van der Waals surface area contributed by atoms with Crippen LogP contribution in [-0.4, -0.2) is 18.7 Å². The highest BCUT2D eigenvalue weighted by Gasteiger charge is 2.10. The van der Waals surface area contributed by atoms with Crippen LogP contribution in [-0.2, 0) is 13.1 Å². The molecule has 0 saturated carbocycles. The number of rotatable bonds is 5. The molecule has 1 heterocycles. The van der Waals surface area contributed by atoms with Gasteiger partial charge in [0.05, 0.1) is 12.8 Å². The van der Waals surface area contributed by atoms with E-state index < -0.39 is 0 Å². The lowest BCUT2D eigenvalue weighted by Gasteiger charge is -2.14. The molecule has 1 aromatic carbocycles. The van der Waals surface area contributed by atoms with Gasteiger partial charge >= 0.3 is 0 Å². The van der Waals surface area contributed by atoms with Gasteiger partial charge in [0.2, 0.25) is 0 Å². The summed E-state index contributed by atoms with van der Waals surface area (Å²) in [6.45, 7) is 5.23. The van der Waals surface area contributed by atoms with Crippen molar-refractivity contribution >= 4 is 0 Å². The molecule has 0 saturated heterocycles. The molecule has 1 N–H and O–H groups in total. The Bertz CT molecular complexity index is 690. The van der Waals surface area contributed by atoms with Crippen molar-refractivity contribution in [3.63, 3.8) is 0 Å². The molecule has 2 rings (SSSR count). The highest BCUT2D eigenvalue weighted by molar-refractivity contribution is 5.62. The lowest BCUT2D eigenvalue weighted by atomic mass is 10.1. The number of nitrogens with zero attached hydrogens (tertiary/aromatic N) is 1. The van der Waals surface area contributed by atoms with Gasteiger partial charge in [-0.1, -0.05) is 6.07 Å². The summed E-state index contributed by atoms with van der Waals surface area (Å²) in [5.41, 5.74) is 3.88. The van der Waals surface area contributed by atoms with Crippen molar-refractivity contribution in [2.24, 2.45) is 0 Å². The van der Waals surface area contributed by atoms with Crippen LogP contribution in [0, 0.1) is 6.92 Å². The average Bonchev–Trinajstić information content (AvgIpc) is 2.49. The molecule has 0 radical (unpaired) electrons. The molecule has 21 heavy (non-hydrogen) atoms. The normalized spacial score (nSPS) is 10.7. The predicted molar refractivity (Wildman–Crippen MR) is 85.9 cm³/mol. The molecule has 0 amide bonds. The standard InChI is InChI=1S/C17H22N2O2/c1-5-19-15(8-6-14(11-18-3)17(19)20)13-7-9-16(21-4)12(2)10-13/h6-10,18H,5,11H2,1-4H3. The Morgan fingerprint density at radius 3 is 2.57 bits per heavy atom. The second kappa shape index (κ2) is 6.59. The zero-order valence-corrected chi connectivity index (χ0v) is 13.1. The maximum absolute atomic E-state index is 12.5. The molecule has 0 aliphatic carbocycles. The largest absolute Gasteiger partial charge is 0.496 e. The summed E-state index contributed by atoms with van der Waals surface area (Å²) < 4.78 is 7.10. The van der Waals surface area contributed by atoms with Gasteiger partial charge in [0, 0.05) is 18.7 Å². The summed E-state index contributed by atoms with van der Waals surface area (Å²) in [5.74, 6) is 0.857. The summed E-state index contributed by atoms with van der Waals surface area (Å²) in [5, 5.41) is 3.03. The van der Waals surface area contributed by atoms with Crippen molar-refractivity contribution in [2.75, 3.05) is 14.2 Å². The fraction of sp³-hybridized carbons (Fsp3) is 0.353. The molecule has 0 atom stereocenters. The fourth-order valence-electron chi connectivity index (χ4n) is 2.55. The summed E-state index contributed by atoms with van der Waals surface area (Å²) in [4.78, 5) is 12.5. The maximum Gasteiger partial charge on any atom is 0.255 e. The van der Waals surface area contributed by atoms with Crippen molar-refractivity contribution < 1.29 is 4.74 Å². The number of benzene rings is 1. The van der Waals surface area contributed by atoms with E-state index in [-0.39, 0.29) is 5.56 Å². The van der Waals surface area contributed by atoms with Crippen LogP contribution >= 0.6 is 0 Å². The van der Waals surface area contributed by atoms with E-state index in [1.165, 1.54) is 0 Å². The van der Waals surface area contributed by atoms with E-state index in [1.54, 1.807) is 7.11 Å².